The maximum atomic E-state index is 4.18. The lowest BCUT2D eigenvalue weighted by Gasteiger charge is -2.08. The van der Waals surface area contributed by atoms with Gasteiger partial charge in [-0.2, -0.15) is 5.10 Å². The molecule has 0 saturated carbocycles. The van der Waals surface area contributed by atoms with Gasteiger partial charge in [-0.1, -0.05) is 6.92 Å². The molecule has 16 heavy (non-hydrogen) atoms. The number of hydrogen-bond acceptors (Lipinski definition) is 2. The molecule has 0 fully saturated rings. The number of aromatic nitrogens is 3. The Labute approximate surface area is 95.9 Å². The van der Waals surface area contributed by atoms with Crippen LogP contribution in [0.1, 0.15) is 18.2 Å². The molecule has 0 aliphatic heterocycles. The van der Waals surface area contributed by atoms with Crippen LogP contribution in [0.4, 0.5) is 0 Å². The first-order chi connectivity index (χ1) is 7.79. The average Bonchev–Trinajstić information content (AvgIpc) is 2.86. The fraction of sp³-hybridized carbons (Fsp3) is 0.417. The standard InChI is InChI=1S/C12H18N4/c1-3-13-8-12-5-4-6-16(12)10-11-7-14-15(2)9-11/h4-7,9,13H,3,8,10H2,1-2H3. The molecule has 0 aliphatic carbocycles. The molecule has 0 amide bonds. The van der Waals surface area contributed by atoms with Crippen LogP contribution >= 0.6 is 0 Å². The number of hydrogen-bond donors (Lipinski definition) is 1. The Hall–Kier alpha value is -1.55. The van der Waals surface area contributed by atoms with Gasteiger partial charge in [0.1, 0.15) is 0 Å². The third-order valence-corrected chi connectivity index (χ3v) is 2.59. The van der Waals surface area contributed by atoms with Crippen molar-refractivity contribution < 1.29 is 0 Å². The van der Waals surface area contributed by atoms with E-state index in [0.29, 0.717) is 0 Å². The van der Waals surface area contributed by atoms with E-state index in [4.69, 9.17) is 0 Å². The van der Waals surface area contributed by atoms with Gasteiger partial charge < -0.3 is 9.88 Å². The molecule has 2 aromatic rings. The summed E-state index contributed by atoms with van der Waals surface area (Å²) in [5, 5.41) is 7.52. The lowest BCUT2D eigenvalue weighted by atomic mass is 10.3. The highest BCUT2D eigenvalue weighted by atomic mass is 15.2. The predicted octanol–water partition coefficient (Wildman–Crippen LogP) is 1.38. The Kier molecular flexibility index (Phi) is 3.41. The molecule has 1 N–H and O–H groups in total. The summed E-state index contributed by atoms with van der Waals surface area (Å²) in [5.41, 5.74) is 2.54. The number of nitrogens with zero attached hydrogens (tertiary/aromatic N) is 3. The second-order valence-electron chi connectivity index (χ2n) is 3.93. The van der Waals surface area contributed by atoms with Gasteiger partial charge in [0.25, 0.3) is 0 Å². The second-order valence-corrected chi connectivity index (χ2v) is 3.93. The summed E-state index contributed by atoms with van der Waals surface area (Å²) in [6.07, 6.45) is 6.08. The fourth-order valence-corrected chi connectivity index (χ4v) is 1.77. The van der Waals surface area contributed by atoms with Gasteiger partial charge in [0.2, 0.25) is 0 Å². The van der Waals surface area contributed by atoms with Gasteiger partial charge in [-0.25, -0.2) is 0 Å². The molecule has 0 spiro atoms. The zero-order valence-corrected chi connectivity index (χ0v) is 9.85. The molecule has 0 aromatic carbocycles. The Morgan fingerprint density at radius 3 is 3.00 bits per heavy atom. The van der Waals surface area contributed by atoms with Crippen LogP contribution in [0.3, 0.4) is 0 Å². The molecule has 2 aromatic heterocycles. The Balaban J connectivity index is 2.06. The average molecular weight is 218 g/mol. The summed E-state index contributed by atoms with van der Waals surface area (Å²) in [6, 6.07) is 4.24. The highest BCUT2D eigenvalue weighted by Crippen LogP contribution is 2.06. The molecule has 4 heteroatoms. The first kappa shape index (κ1) is 11.0. The maximum Gasteiger partial charge on any atom is 0.0539 e. The summed E-state index contributed by atoms with van der Waals surface area (Å²) in [6.45, 7) is 4.93. The predicted molar refractivity (Wildman–Crippen MR) is 64.1 cm³/mol. The van der Waals surface area contributed by atoms with E-state index in [1.165, 1.54) is 11.3 Å². The summed E-state index contributed by atoms with van der Waals surface area (Å²) in [4.78, 5) is 0. The monoisotopic (exact) mass is 218 g/mol. The van der Waals surface area contributed by atoms with Crippen LogP contribution in [0.2, 0.25) is 0 Å². The van der Waals surface area contributed by atoms with Crippen LogP contribution in [0.5, 0.6) is 0 Å². The number of nitrogens with one attached hydrogen (secondary N) is 1. The minimum absolute atomic E-state index is 0.890. The van der Waals surface area contributed by atoms with Crippen molar-refractivity contribution >= 4 is 0 Å². The highest BCUT2D eigenvalue weighted by molar-refractivity contribution is 5.12. The van der Waals surface area contributed by atoms with Crippen LogP contribution < -0.4 is 5.32 Å². The van der Waals surface area contributed by atoms with E-state index in [-0.39, 0.29) is 0 Å². The first-order valence-corrected chi connectivity index (χ1v) is 5.62. The Morgan fingerprint density at radius 2 is 2.31 bits per heavy atom. The van der Waals surface area contributed by atoms with E-state index >= 15 is 0 Å². The van der Waals surface area contributed by atoms with Crippen LogP contribution in [0.25, 0.3) is 0 Å². The number of rotatable bonds is 5. The third kappa shape index (κ3) is 2.52. The lowest BCUT2D eigenvalue weighted by Crippen LogP contribution is -2.15. The minimum Gasteiger partial charge on any atom is -0.346 e. The molecule has 0 atom stereocenters. The van der Waals surface area contributed by atoms with Crippen molar-refractivity contribution in [3.63, 3.8) is 0 Å². The molecule has 0 aliphatic rings. The molecule has 0 saturated heterocycles. The van der Waals surface area contributed by atoms with Crippen LogP contribution in [-0.2, 0) is 20.1 Å². The van der Waals surface area contributed by atoms with Crippen molar-refractivity contribution in [3.8, 4) is 0 Å². The summed E-state index contributed by atoms with van der Waals surface area (Å²) < 4.78 is 4.09. The molecular formula is C12H18N4. The number of aryl methyl sites for hydroxylation is 1. The molecule has 0 bridgehead atoms. The minimum atomic E-state index is 0.890. The summed E-state index contributed by atoms with van der Waals surface area (Å²) in [5.74, 6) is 0. The summed E-state index contributed by atoms with van der Waals surface area (Å²) in [7, 11) is 1.94. The topological polar surface area (TPSA) is 34.8 Å². The summed E-state index contributed by atoms with van der Waals surface area (Å²) >= 11 is 0. The SMILES string of the molecule is CCNCc1cccn1Cc1cnn(C)c1. The fourth-order valence-electron chi connectivity index (χ4n) is 1.77. The Bertz CT molecular complexity index is 441. The molecule has 0 radical (unpaired) electrons. The van der Waals surface area contributed by atoms with Gasteiger partial charge in [0.15, 0.2) is 0 Å². The smallest absolute Gasteiger partial charge is 0.0539 e. The van der Waals surface area contributed by atoms with Crippen molar-refractivity contribution in [1.29, 1.82) is 0 Å². The zero-order valence-electron chi connectivity index (χ0n) is 9.85. The second kappa shape index (κ2) is 4.99. The van der Waals surface area contributed by atoms with Crippen molar-refractivity contribution in [2.24, 2.45) is 7.05 Å². The largest absolute Gasteiger partial charge is 0.346 e. The highest BCUT2D eigenvalue weighted by Gasteiger charge is 2.02. The van der Waals surface area contributed by atoms with Gasteiger partial charge in [-0.05, 0) is 18.7 Å². The normalized spacial score (nSPS) is 10.9. The van der Waals surface area contributed by atoms with E-state index in [1.807, 2.05) is 17.9 Å². The van der Waals surface area contributed by atoms with Crippen molar-refractivity contribution in [1.82, 2.24) is 19.7 Å². The quantitative estimate of drug-likeness (QED) is 0.822. The maximum absolute atomic E-state index is 4.18. The molecule has 0 unspecified atom stereocenters. The van der Waals surface area contributed by atoms with Gasteiger partial charge in [-0.3, -0.25) is 4.68 Å². The van der Waals surface area contributed by atoms with Crippen molar-refractivity contribution in [2.45, 2.75) is 20.0 Å². The van der Waals surface area contributed by atoms with Gasteiger partial charge in [0, 0.05) is 37.2 Å². The first-order valence-electron chi connectivity index (χ1n) is 5.62. The van der Waals surface area contributed by atoms with Gasteiger partial charge >= 0.3 is 0 Å². The van der Waals surface area contributed by atoms with Gasteiger partial charge in [-0.15, -0.1) is 0 Å². The lowest BCUT2D eigenvalue weighted by molar-refractivity contribution is 0.657. The molecule has 2 rings (SSSR count). The van der Waals surface area contributed by atoms with E-state index in [9.17, 15) is 0 Å². The van der Waals surface area contributed by atoms with Crippen LogP contribution in [0.15, 0.2) is 30.7 Å². The molecule has 86 valence electrons. The van der Waals surface area contributed by atoms with E-state index < -0.39 is 0 Å². The van der Waals surface area contributed by atoms with E-state index in [2.05, 4.69) is 46.4 Å². The van der Waals surface area contributed by atoms with Gasteiger partial charge in [0.05, 0.1) is 12.7 Å². The third-order valence-electron chi connectivity index (χ3n) is 2.59. The molecule has 4 nitrogen and oxygen atoms in total. The zero-order chi connectivity index (χ0) is 11.4. The van der Waals surface area contributed by atoms with E-state index in [0.717, 1.165) is 19.6 Å². The Morgan fingerprint density at radius 1 is 1.44 bits per heavy atom. The van der Waals surface area contributed by atoms with Crippen molar-refractivity contribution in [3.05, 3.63) is 42.0 Å². The van der Waals surface area contributed by atoms with E-state index in [1.54, 1.807) is 0 Å². The molecule has 2 heterocycles. The van der Waals surface area contributed by atoms with Crippen molar-refractivity contribution in [2.75, 3.05) is 6.54 Å². The molecular weight excluding hydrogens is 200 g/mol. The van der Waals surface area contributed by atoms with Crippen LogP contribution in [-0.4, -0.2) is 20.9 Å². The van der Waals surface area contributed by atoms with Crippen LogP contribution in [0, 0.1) is 0 Å².